The lowest BCUT2D eigenvalue weighted by atomic mass is 10.0. The maximum absolute atomic E-state index is 6.10. The number of para-hydroxylation sites is 1. The minimum absolute atomic E-state index is 0.724. The highest BCUT2D eigenvalue weighted by Gasteiger charge is 2.15. The SMILES string of the molecule is c1ccc(-c2nc(-c3ccc4cc5oc6ccccc6c5cc4c3)nc3c2ccc2ccccc23)cc1. The van der Waals surface area contributed by atoms with E-state index in [-0.39, 0.29) is 0 Å². The van der Waals surface area contributed by atoms with E-state index < -0.39 is 0 Å². The minimum atomic E-state index is 0.724. The standard InChI is InChI=1S/C34H20N2O/c1-2-9-22(10-3-1)32-28-17-16-21-8-4-5-11-26(21)33(28)36-34(35-32)24-15-14-23-20-31-29(19-25(23)18-24)27-12-6-7-13-30(27)37-31/h1-20H. The molecule has 6 aromatic carbocycles. The van der Waals surface area contributed by atoms with Crippen LogP contribution in [0.5, 0.6) is 0 Å². The molecule has 0 N–H and O–H groups in total. The molecule has 172 valence electrons. The van der Waals surface area contributed by atoms with Gasteiger partial charge in [0.05, 0.1) is 11.2 Å². The van der Waals surface area contributed by atoms with Crippen LogP contribution < -0.4 is 0 Å². The van der Waals surface area contributed by atoms with E-state index in [0.717, 1.165) is 71.6 Å². The molecule has 0 atom stereocenters. The van der Waals surface area contributed by atoms with Gasteiger partial charge in [0.15, 0.2) is 5.82 Å². The molecular weight excluding hydrogens is 452 g/mol. The highest BCUT2D eigenvalue weighted by Crippen LogP contribution is 2.36. The van der Waals surface area contributed by atoms with Gasteiger partial charge in [-0.15, -0.1) is 0 Å². The van der Waals surface area contributed by atoms with Gasteiger partial charge in [-0.25, -0.2) is 9.97 Å². The third-order valence-corrected chi connectivity index (χ3v) is 7.23. The first kappa shape index (κ1) is 20.2. The van der Waals surface area contributed by atoms with Gasteiger partial charge in [-0.2, -0.15) is 0 Å². The molecule has 0 saturated heterocycles. The monoisotopic (exact) mass is 472 g/mol. The second-order valence-electron chi connectivity index (χ2n) is 9.45. The van der Waals surface area contributed by atoms with Crippen LogP contribution in [0, 0.1) is 0 Å². The Hall–Kier alpha value is -5.02. The van der Waals surface area contributed by atoms with Crippen molar-refractivity contribution in [2.24, 2.45) is 0 Å². The van der Waals surface area contributed by atoms with E-state index in [4.69, 9.17) is 14.4 Å². The molecule has 2 aromatic heterocycles. The van der Waals surface area contributed by atoms with Gasteiger partial charge < -0.3 is 4.42 Å². The molecule has 0 aliphatic heterocycles. The third kappa shape index (κ3) is 3.14. The number of nitrogens with zero attached hydrogens (tertiary/aromatic N) is 2. The summed E-state index contributed by atoms with van der Waals surface area (Å²) in [7, 11) is 0. The Bertz CT molecular complexity index is 2140. The lowest BCUT2D eigenvalue weighted by Crippen LogP contribution is -1.96. The van der Waals surface area contributed by atoms with E-state index in [1.54, 1.807) is 0 Å². The predicted molar refractivity (Wildman–Crippen MR) is 153 cm³/mol. The highest BCUT2D eigenvalue weighted by molar-refractivity contribution is 6.11. The fourth-order valence-electron chi connectivity index (χ4n) is 5.42. The third-order valence-electron chi connectivity index (χ3n) is 7.23. The normalized spacial score (nSPS) is 11.8. The molecule has 2 heterocycles. The van der Waals surface area contributed by atoms with Gasteiger partial charge in [-0.1, -0.05) is 91.0 Å². The van der Waals surface area contributed by atoms with Crippen LogP contribution >= 0.6 is 0 Å². The Morgan fingerprint density at radius 3 is 2.14 bits per heavy atom. The van der Waals surface area contributed by atoms with Gasteiger partial charge in [0.2, 0.25) is 0 Å². The summed E-state index contributed by atoms with van der Waals surface area (Å²) in [5.41, 5.74) is 5.80. The Balaban J connectivity index is 1.41. The summed E-state index contributed by atoms with van der Waals surface area (Å²) in [6.07, 6.45) is 0. The van der Waals surface area contributed by atoms with Crippen LogP contribution in [0.2, 0.25) is 0 Å². The van der Waals surface area contributed by atoms with Crippen molar-refractivity contribution < 1.29 is 4.42 Å². The minimum Gasteiger partial charge on any atom is -0.456 e. The molecule has 3 nitrogen and oxygen atoms in total. The molecular formula is C34H20N2O. The Kier molecular flexibility index (Phi) is 4.23. The molecule has 0 bridgehead atoms. The maximum Gasteiger partial charge on any atom is 0.160 e. The molecule has 3 heteroatoms. The first-order valence-corrected chi connectivity index (χ1v) is 12.4. The van der Waals surface area contributed by atoms with Gasteiger partial charge in [-0.3, -0.25) is 0 Å². The van der Waals surface area contributed by atoms with E-state index in [9.17, 15) is 0 Å². The van der Waals surface area contributed by atoms with Crippen molar-refractivity contribution in [3.63, 3.8) is 0 Å². The summed E-state index contributed by atoms with van der Waals surface area (Å²) in [4.78, 5) is 10.3. The maximum atomic E-state index is 6.10. The number of fused-ring (bicyclic) bond motifs is 7. The Morgan fingerprint density at radius 2 is 1.22 bits per heavy atom. The van der Waals surface area contributed by atoms with Crippen molar-refractivity contribution in [2.75, 3.05) is 0 Å². The number of hydrogen-bond donors (Lipinski definition) is 0. The van der Waals surface area contributed by atoms with Crippen molar-refractivity contribution in [2.45, 2.75) is 0 Å². The van der Waals surface area contributed by atoms with Crippen LogP contribution in [0.25, 0.3) is 77.0 Å². The summed E-state index contributed by atoms with van der Waals surface area (Å²) >= 11 is 0. The van der Waals surface area contributed by atoms with E-state index >= 15 is 0 Å². The first-order valence-electron chi connectivity index (χ1n) is 12.4. The van der Waals surface area contributed by atoms with Crippen molar-refractivity contribution in [1.29, 1.82) is 0 Å². The summed E-state index contributed by atoms with van der Waals surface area (Å²) in [6.45, 7) is 0. The average Bonchev–Trinajstić information content (AvgIpc) is 3.32. The van der Waals surface area contributed by atoms with Crippen LogP contribution in [0.1, 0.15) is 0 Å². The molecule has 37 heavy (non-hydrogen) atoms. The van der Waals surface area contributed by atoms with Crippen LogP contribution in [-0.2, 0) is 0 Å². The van der Waals surface area contributed by atoms with Gasteiger partial charge in [0, 0.05) is 32.7 Å². The molecule has 0 unspecified atom stereocenters. The van der Waals surface area contributed by atoms with Crippen molar-refractivity contribution >= 4 is 54.4 Å². The lowest BCUT2D eigenvalue weighted by molar-refractivity contribution is 0.669. The number of aromatic nitrogens is 2. The number of rotatable bonds is 2. The zero-order chi connectivity index (χ0) is 24.3. The van der Waals surface area contributed by atoms with Gasteiger partial charge in [0.1, 0.15) is 11.2 Å². The fourth-order valence-corrected chi connectivity index (χ4v) is 5.42. The van der Waals surface area contributed by atoms with Crippen LogP contribution in [0.3, 0.4) is 0 Å². The van der Waals surface area contributed by atoms with E-state index in [1.807, 2.05) is 18.2 Å². The zero-order valence-corrected chi connectivity index (χ0v) is 19.8. The van der Waals surface area contributed by atoms with Gasteiger partial charge in [0.25, 0.3) is 0 Å². The summed E-state index contributed by atoms with van der Waals surface area (Å²) in [5.74, 6) is 0.724. The quantitative estimate of drug-likeness (QED) is 0.235. The predicted octanol–water partition coefficient (Wildman–Crippen LogP) is 9.17. The highest BCUT2D eigenvalue weighted by atomic mass is 16.3. The molecule has 8 rings (SSSR count). The van der Waals surface area contributed by atoms with Crippen molar-refractivity contribution in [3.05, 3.63) is 121 Å². The molecule has 0 amide bonds. The summed E-state index contributed by atoms with van der Waals surface area (Å²) < 4.78 is 6.10. The molecule has 0 aliphatic carbocycles. The van der Waals surface area contributed by atoms with Crippen LogP contribution in [-0.4, -0.2) is 9.97 Å². The first-order chi connectivity index (χ1) is 18.3. The second-order valence-corrected chi connectivity index (χ2v) is 9.45. The van der Waals surface area contributed by atoms with Gasteiger partial charge in [-0.05, 0) is 46.5 Å². The summed E-state index contributed by atoms with van der Waals surface area (Å²) in [6, 6.07) is 42.1. The number of hydrogen-bond acceptors (Lipinski definition) is 3. The van der Waals surface area contributed by atoms with Crippen molar-refractivity contribution in [1.82, 2.24) is 9.97 Å². The summed E-state index contributed by atoms with van der Waals surface area (Å²) in [5, 5.41) is 7.88. The number of furan rings is 1. The van der Waals surface area contributed by atoms with E-state index in [1.165, 1.54) is 5.39 Å². The van der Waals surface area contributed by atoms with Crippen molar-refractivity contribution in [3.8, 4) is 22.6 Å². The molecule has 0 radical (unpaired) electrons. The zero-order valence-electron chi connectivity index (χ0n) is 19.8. The molecule has 0 fully saturated rings. The van der Waals surface area contributed by atoms with E-state index in [2.05, 4.69) is 103 Å². The molecule has 0 saturated carbocycles. The Morgan fingerprint density at radius 1 is 0.432 bits per heavy atom. The van der Waals surface area contributed by atoms with Crippen LogP contribution in [0.4, 0.5) is 0 Å². The second kappa shape index (κ2) is 7.74. The lowest BCUT2D eigenvalue weighted by Gasteiger charge is -2.12. The number of benzene rings is 6. The van der Waals surface area contributed by atoms with E-state index in [0.29, 0.717) is 0 Å². The molecule has 0 aliphatic rings. The molecule has 8 aromatic rings. The largest absolute Gasteiger partial charge is 0.456 e. The molecule has 0 spiro atoms. The fraction of sp³-hybridized carbons (Fsp3) is 0. The Labute approximate surface area is 212 Å². The topological polar surface area (TPSA) is 38.9 Å². The van der Waals surface area contributed by atoms with Crippen LogP contribution in [0.15, 0.2) is 126 Å². The average molecular weight is 473 g/mol. The van der Waals surface area contributed by atoms with Gasteiger partial charge >= 0.3 is 0 Å². The smallest absolute Gasteiger partial charge is 0.160 e.